The quantitative estimate of drug-likeness (QED) is 0.626. The summed E-state index contributed by atoms with van der Waals surface area (Å²) in [5.41, 5.74) is 1.56. The number of amides is 1. The molecule has 1 amide bonds. The molecule has 0 aliphatic carbocycles. The summed E-state index contributed by atoms with van der Waals surface area (Å²) in [6, 6.07) is 16.1. The molecule has 2 aromatic carbocycles. The van der Waals surface area contributed by atoms with Gasteiger partial charge in [0.05, 0.1) is 5.69 Å². The minimum Gasteiger partial charge on any atom is -0.302 e. The zero-order valence-electron chi connectivity index (χ0n) is 12.7. The van der Waals surface area contributed by atoms with Crippen molar-refractivity contribution >= 4 is 34.1 Å². The first kappa shape index (κ1) is 16.7. The number of anilines is 1. The molecule has 0 unspecified atom stereocenters. The highest BCUT2D eigenvalue weighted by Crippen LogP contribution is 2.25. The highest BCUT2D eigenvalue weighted by Gasteiger charge is 2.08. The molecular weight excluding hydrogens is 343 g/mol. The SMILES string of the molecule is O=C(CCSc1ccccc1)Nc1nc(-c2ccc(F)cc2)cs1. The van der Waals surface area contributed by atoms with Crippen LogP contribution in [0.1, 0.15) is 6.42 Å². The number of carbonyl (C=O) groups excluding carboxylic acids is 1. The van der Waals surface area contributed by atoms with Crippen LogP contribution >= 0.6 is 23.1 Å². The molecule has 0 saturated carbocycles. The van der Waals surface area contributed by atoms with Gasteiger partial charge in [0.25, 0.3) is 0 Å². The van der Waals surface area contributed by atoms with E-state index in [0.717, 1.165) is 16.2 Å². The lowest BCUT2D eigenvalue weighted by molar-refractivity contribution is -0.115. The van der Waals surface area contributed by atoms with Gasteiger partial charge in [-0.2, -0.15) is 0 Å². The van der Waals surface area contributed by atoms with Crippen molar-refractivity contribution < 1.29 is 9.18 Å². The third kappa shape index (κ3) is 4.66. The zero-order chi connectivity index (χ0) is 16.8. The molecule has 24 heavy (non-hydrogen) atoms. The molecule has 1 aromatic heterocycles. The molecule has 0 fully saturated rings. The summed E-state index contributed by atoms with van der Waals surface area (Å²) in [5.74, 6) is 0.378. The number of hydrogen-bond donors (Lipinski definition) is 1. The van der Waals surface area contributed by atoms with E-state index in [-0.39, 0.29) is 11.7 Å². The van der Waals surface area contributed by atoms with E-state index in [4.69, 9.17) is 0 Å². The summed E-state index contributed by atoms with van der Waals surface area (Å²) < 4.78 is 12.9. The van der Waals surface area contributed by atoms with E-state index in [1.54, 1.807) is 23.9 Å². The largest absolute Gasteiger partial charge is 0.302 e. The molecule has 3 nitrogen and oxygen atoms in total. The Hall–Kier alpha value is -2.18. The van der Waals surface area contributed by atoms with Gasteiger partial charge in [-0.25, -0.2) is 9.37 Å². The van der Waals surface area contributed by atoms with Crippen molar-refractivity contribution in [3.63, 3.8) is 0 Å². The fourth-order valence-electron chi connectivity index (χ4n) is 2.04. The number of aromatic nitrogens is 1. The molecule has 0 atom stereocenters. The zero-order valence-corrected chi connectivity index (χ0v) is 14.4. The van der Waals surface area contributed by atoms with Crippen molar-refractivity contribution in [3.8, 4) is 11.3 Å². The molecule has 0 aliphatic heterocycles. The Balaban J connectivity index is 1.51. The molecule has 122 valence electrons. The van der Waals surface area contributed by atoms with E-state index in [9.17, 15) is 9.18 Å². The van der Waals surface area contributed by atoms with Crippen LogP contribution in [0.25, 0.3) is 11.3 Å². The van der Waals surface area contributed by atoms with Crippen molar-refractivity contribution in [1.29, 1.82) is 0 Å². The first-order chi connectivity index (χ1) is 11.7. The molecule has 0 bridgehead atoms. The van der Waals surface area contributed by atoms with Gasteiger partial charge in [-0.1, -0.05) is 18.2 Å². The fourth-order valence-corrected chi connectivity index (χ4v) is 3.65. The lowest BCUT2D eigenvalue weighted by Gasteiger charge is -2.02. The van der Waals surface area contributed by atoms with Crippen LogP contribution in [0.3, 0.4) is 0 Å². The van der Waals surface area contributed by atoms with Crippen LogP contribution in [0.15, 0.2) is 64.9 Å². The maximum absolute atomic E-state index is 12.9. The van der Waals surface area contributed by atoms with Gasteiger partial charge in [-0.05, 0) is 36.4 Å². The maximum Gasteiger partial charge on any atom is 0.226 e. The van der Waals surface area contributed by atoms with E-state index >= 15 is 0 Å². The summed E-state index contributed by atoms with van der Waals surface area (Å²) in [6.45, 7) is 0. The van der Waals surface area contributed by atoms with Crippen molar-refractivity contribution in [2.45, 2.75) is 11.3 Å². The predicted octanol–water partition coefficient (Wildman–Crippen LogP) is 5.07. The molecule has 3 rings (SSSR count). The number of thioether (sulfide) groups is 1. The van der Waals surface area contributed by atoms with Gasteiger partial charge in [0.2, 0.25) is 5.91 Å². The van der Waals surface area contributed by atoms with Gasteiger partial charge in [-0.3, -0.25) is 4.79 Å². The van der Waals surface area contributed by atoms with Crippen molar-refractivity contribution in [1.82, 2.24) is 4.98 Å². The predicted molar refractivity (Wildman–Crippen MR) is 97.9 cm³/mol. The maximum atomic E-state index is 12.9. The third-order valence-corrected chi connectivity index (χ3v) is 5.00. The van der Waals surface area contributed by atoms with E-state index < -0.39 is 0 Å². The van der Waals surface area contributed by atoms with Crippen LogP contribution in [0.2, 0.25) is 0 Å². The topological polar surface area (TPSA) is 42.0 Å². The number of benzene rings is 2. The summed E-state index contributed by atoms with van der Waals surface area (Å²) >= 11 is 3.01. The average Bonchev–Trinajstić information content (AvgIpc) is 3.05. The Morgan fingerprint density at radius 1 is 1.12 bits per heavy atom. The molecule has 1 heterocycles. The molecule has 0 radical (unpaired) electrons. The van der Waals surface area contributed by atoms with Crippen LogP contribution in [0, 0.1) is 5.82 Å². The highest BCUT2D eigenvalue weighted by atomic mass is 32.2. The van der Waals surface area contributed by atoms with E-state index in [2.05, 4.69) is 10.3 Å². The number of rotatable bonds is 6. The highest BCUT2D eigenvalue weighted by molar-refractivity contribution is 7.99. The first-order valence-corrected chi connectivity index (χ1v) is 9.26. The number of thiazole rings is 1. The number of hydrogen-bond acceptors (Lipinski definition) is 4. The average molecular weight is 358 g/mol. The van der Waals surface area contributed by atoms with Gasteiger partial charge in [0, 0.05) is 28.0 Å². The lowest BCUT2D eigenvalue weighted by Crippen LogP contribution is -2.11. The second kappa shape index (κ2) is 8.08. The monoisotopic (exact) mass is 358 g/mol. The normalized spacial score (nSPS) is 10.5. The van der Waals surface area contributed by atoms with Gasteiger partial charge in [-0.15, -0.1) is 23.1 Å². The van der Waals surface area contributed by atoms with E-state index in [1.807, 2.05) is 35.7 Å². The molecular formula is C18H15FN2OS2. The van der Waals surface area contributed by atoms with E-state index in [0.29, 0.717) is 17.3 Å². The van der Waals surface area contributed by atoms with Crippen LogP contribution < -0.4 is 5.32 Å². The summed E-state index contributed by atoms with van der Waals surface area (Å²) in [5, 5.41) is 5.22. The Morgan fingerprint density at radius 2 is 1.88 bits per heavy atom. The van der Waals surface area contributed by atoms with Gasteiger partial charge in [0.1, 0.15) is 5.82 Å². The molecule has 0 spiro atoms. The van der Waals surface area contributed by atoms with Crippen LogP contribution in [0.5, 0.6) is 0 Å². The lowest BCUT2D eigenvalue weighted by atomic mass is 10.2. The fraction of sp³-hybridized carbons (Fsp3) is 0.111. The Kier molecular flexibility index (Phi) is 5.61. The van der Waals surface area contributed by atoms with Gasteiger partial charge in [0.15, 0.2) is 5.13 Å². The molecule has 0 aliphatic rings. The Morgan fingerprint density at radius 3 is 2.62 bits per heavy atom. The van der Waals surface area contributed by atoms with Crippen molar-refractivity contribution in [3.05, 3.63) is 65.8 Å². The van der Waals surface area contributed by atoms with E-state index in [1.165, 1.54) is 23.5 Å². The Labute approximate surface area is 148 Å². The molecule has 1 N–H and O–H groups in total. The molecule has 3 aromatic rings. The third-order valence-electron chi connectivity index (χ3n) is 3.23. The summed E-state index contributed by atoms with van der Waals surface area (Å²) in [6.07, 6.45) is 0.422. The Bertz CT molecular complexity index is 803. The van der Waals surface area contributed by atoms with Crippen LogP contribution in [0.4, 0.5) is 9.52 Å². The number of nitrogens with zero attached hydrogens (tertiary/aromatic N) is 1. The minimum absolute atomic E-state index is 0.0570. The van der Waals surface area contributed by atoms with Gasteiger partial charge < -0.3 is 5.32 Å². The molecule has 0 saturated heterocycles. The number of halogens is 1. The number of nitrogens with one attached hydrogen (secondary N) is 1. The molecule has 6 heteroatoms. The second-order valence-corrected chi connectivity index (χ2v) is 7.03. The minimum atomic E-state index is -0.279. The smallest absolute Gasteiger partial charge is 0.226 e. The summed E-state index contributed by atoms with van der Waals surface area (Å²) in [4.78, 5) is 17.5. The van der Waals surface area contributed by atoms with Gasteiger partial charge >= 0.3 is 0 Å². The standard InChI is InChI=1S/C18H15FN2OS2/c19-14-8-6-13(7-9-14)16-12-24-18(20-16)21-17(22)10-11-23-15-4-2-1-3-5-15/h1-9,12H,10-11H2,(H,20,21,22). The second-order valence-electron chi connectivity index (χ2n) is 5.00. The van der Waals surface area contributed by atoms with Crippen LogP contribution in [-0.2, 0) is 4.79 Å². The van der Waals surface area contributed by atoms with Crippen molar-refractivity contribution in [2.24, 2.45) is 0 Å². The first-order valence-electron chi connectivity index (χ1n) is 7.40. The van der Waals surface area contributed by atoms with Crippen molar-refractivity contribution in [2.75, 3.05) is 11.1 Å². The number of carbonyl (C=O) groups is 1. The van der Waals surface area contributed by atoms with Crippen LogP contribution in [-0.4, -0.2) is 16.6 Å². The summed E-state index contributed by atoms with van der Waals surface area (Å²) in [7, 11) is 0.